The Labute approximate surface area is 156 Å². The van der Waals surface area contributed by atoms with Gasteiger partial charge in [0.15, 0.2) is 5.69 Å². The Morgan fingerprint density at radius 3 is 2.43 bits per heavy atom. The number of hydrazine groups is 1. The molecule has 2 aromatic rings. The quantitative estimate of drug-likeness (QED) is 0.681. The molecule has 1 heterocycles. The van der Waals surface area contributed by atoms with Crippen molar-refractivity contribution in [1.82, 2.24) is 20.6 Å². The number of benzene rings is 1. The lowest BCUT2D eigenvalue weighted by Crippen LogP contribution is -2.42. The third kappa shape index (κ3) is 4.99. The van der Waals surface area contributed by atoms with Gasteiger partial charge in [-0.2, -0.15) is 18.3 Å². The average molecular weight is 399 g/mol. The molecule has 12 heteroatoms. The van der Waals surface area contributed by atoms with Gasteiger partial charge in [0.2, 0.25) is 0 Å². The summed E-state index contributed by atoms with van der Waals surface area (Å²) in [5.41, 5.74) is 2.51. The topological polar surface area (TPSA) is 114 Å². The number of carbonyl (C=O) groups is 3. The molecule has 0 aliphatic carbocycles. The van der Waals surface area contributed by atoms with Crippen LogP contribution in [0.4, 0.5) is 23.7 Å². The van der Waals surface area contributed by atoms with Gasteiger partial charge >= 0.3 is 12.3 Å². The number of nitrogens with zero attached hydrogens (tertiary/aromatic N) is 2. The SMILES string of the molecule is CCOC(=O)NNC(=O)c1ccccc1NC(=O)c1cc(C(F)(F)F)nn1C. The molecule has 3 N–H and O–H groups in total. The van der Waals surface area contributed by atoms with Crippen LogP contribution in [0.3, 0.4) is 0 Å². The van der Waals surface area contributed by atoms with Crippen LogP contribution in [0, 0.1) is 0 Å². The first kappa shape index (κ1) is 20.7. The summed E-state index contributed by atoms with van der Waals surface area (Å²) in [6, 6.07) is 6.33. The highest BCUT2D eigenvalue weighted by molar-refractivity contribution is 6.08. The van der Waals surface area contributed by atoms with E-state index in [-0.39, 0.29) is 23.6 Å². The van der Waals surface area contributed by atoms with Gasteiger partial charge in [-0.15, -0.1) is 0 Å². The lowest BCUT2D eigenvalue weighted by molar-refractivity contribution is -0.141. The highest BCUT2D eigenvalue weighted by atomic mass is 19.4. The number of hydrogen-bond acceptors (Lipinski definition) is 5. The molecule has 0 aliphatic rings. The minimum atomic E-state index is -4.70. The minimum Gasteiger partial charge on any atom is -0.449 e. The molecule has 2 rings (SSSR count). The summed E-state index contributed by atoms with van der Waals surface area (Å²) in [7, 11) is 1.19. The molecule has 0 spiro atoms. The molecule has 0 bridgehead atoms. The van der Waals surface area contributed by atoms with Gasteiger partial charge in [0, 0.05) is 13.1 Å². The Morgan fingerprint density at radius 2 is 1.82 bits per heavy atom. The first-order chi connectivity index (χ1) is 13.1. The summed E-state index contributed by atoms with van der Waals surface area (Å²) in [6.07, 6.45) is -5.58. The zero-order valence-electron chi connectivity index (χ0n) is 14.8. The summed E-state index contributed by atoms with van der Waals surface area (Å²) in [5, 5.41) is 5.61. The molecular formula is C16H16F3N5O4. The number of hydrogen-bond donors (Lipinski definition) is 3. The van der Waals surface area contributed by atoms with Crippen molar-refractivity contribution in [3.8, 4) is 0 Å². The van der Waals surface area contributed by atoms with E-state index in [2.05, 4.69) is 20.6 Å². The Bertz CT molecular complexity index is 895. The van der Waals surface area contributed by atoms with Crippen LogP contribution < -0.4 is 16.2 Å². The monoisotopic (exact) mass is 399 g/mol. The van der Waals surface area contributed by atoms with E-state index in [9.17, 15) is 27.6 Å². The van der Waals surface area contributed by atoms with Gasteiger partial charge < -0.3 is 10.1 Å². The Hall–Kier alpha value is -3.57. The summed E-state index contributed by atoms with van der Waals surface area (Å²) in [5.74, 6) is -1.67. The Kier molecular flexibility index (Phi) is 6.23. The maximum Gasteiger partial charge on any atom is 0.435 e. The van der Waals surface area contributed by atoms with Crippen molar-refractivity contribution in [2.45, 2.75) is 13.1 Å². The van der Waals surface area contributed by atoms with Crippen LogP contribution in [-0.4, -0.2) is 34.3 Å². The molecular weight excluding hydrogens is 383 g/mol. The molecule has 1 aromatic heterocycles. The second-order valence-corrected chi connectivity index (χ2v) is 5.34. The van der Waals surface area contributed by atoms with E-state index in [0.29, 0.717) is 6.07 Å². The highest BCUT2D eigenvalue weighted by Gasteiger charge is 2.35. The van der Waals surface area contributed by atoms with Crippen molar-refractivity contribution >= 4 is 23.6 Å². The van der Waals surface area contributed by atoms with E-state index in [0.717, 1.165) is 4.68 Å². The van der Waals surface area contributed by atoms with E-state index < -0.39 is 29.8 Å². The summed E-state index contributed by atoms with van der Waals surface area (Å²) < 4.78 is 43.6. The van der Waals surface area contributed by atoms with E-state index in [1.54, 1.807) is 6.92 Å². The van der Waals surface area contributed by atoms with Crippen LogP contribution in [0.5, 0.6) is 0 Å². The number of alkyl halides is 3. The number of aromatic nitrogens is 2. The van der Waals surface area contributed by atoms with Crippen LogP contribution in [0.15, 0.2) is 30.3 Å². The molecule has 0 aliphatic heterocycles. The maximum absolute atomic E-state index is 12.7. The third-order valence-corrected chi connectivity index (χ3v) is 3.38. The number of amides is 3. The number of anilines is 1. The van der Waals surface area contributed by atoms with E-state index >= 15 is 0 Å². The number of para-hydroxylation sites is 1. The first-order valence-corrected chi connectivity index (χ1v) is 7.88. The van der Waals surface area contributed by atoms with Crippen molar-refractivity contribution in [2.75, 3.05) is 11.9 Å². The standard InChI is InChI=1S/C16H16F3N5O4/c1-3-28-15(27)22-21-13(25)9-6-4-5-7-10(9)20-14(26)11-8-12(16(17,18)19)23-24(11)2/h4-8H,3H2,1-2H3,(H,20,26)(H,21,25)(H,22,27). The molecule has 0 saturated heterocycles. The van der Waals surface area contributed by atoms with Crippen LogP contribution >= 0.6 is 0 Å². The predicted octanol–water partition coefficient (Wildman–Crippen LogP) is 2.08. The molecule has 0 saturated carbocycles. The Morgan fingerprint density at radius 1 is 1.14 bits per heavy atom. The van der Waals surface area contributed by atoms with Crippen molar-refractivity contribution in [1.29, 1.82) is 0 Å². The maximum atomic E-state index is 12.7. The van der Waals surface area contributed by atoms with Crippen LogP contribution in [0.25, 0.3) is 0 Å². The van der Waals surface area contributed by atoms with Gasteiger partial charge in [-0.25, -0.2) is 10.2 Å². The number of rotatable bonds is 4. The molecule has 3 amide bonds. The molecule has 1 aromatic carbocycles. The normalized spacial score (nSPS) is 10.9. The molecule has 0 unspecified atom stereocenters. The molecule has 9 nitrogen and oxygen atoms in total. The molecule has 0 fully saturated rings. The fraction of sp³-hybridized carbons (Fsp3) is 0.250. The van der Waals surface area contributed by atoms with Crippen molar-refractivity contribution in [3.63, 3.8) is 0 Å². The zero-order chi connectivity index (χ0) is 20.9. The second kappa shape index (κ2) is 8.41. The van der Waals surface area contributed by atoms with Gasteiger partial charge in [0.25, 0.3) is 11.8 Å². The number of halogens is 3. The van der Waals surface area contributed by atoms with Gasteiger partial charge in [-0.3, -0.25) is 19.7 Å². The van der Waals surface area contributed by atoms with E-state index in [1.165, 1.54) is 31.3 Å². The first-order valence-electron chi connectivity index (χ1n) is 7.88. The van der Waals surface area contributed by atoms with Gasteiger partial charge in [0.05, 0.1) is 17.9 Å². The van der Waals surface area contributed by atoms with Crippen LogP contribution in [0.2, 0.25) is 0 Å². The summed E-state index contributed by atoms with van der Waals surface area (Å²) in [4.78, 5) is 35.8. The molecule has 0 radical (unpaired) electrons. The van der Waals surface area contributed by atoms with Crippen molar-refractivity contribution in [3.05, 3.63) is 47.3 Å². The molecule has 0 atom stereocenters. The van der Waals surface area contributed by atoms with Gasteiger partial charge in [-0.1, -0.05) is 12.1 Å². The van der Waals surface area contributed by atoms with E-state index in [4.69, 9.17) is 0 Å². The number of carbonyl (C=O) groups excluding carboxylic acids is 3. The smallest absolute Gasteiger partial charge is 0.435 e. The van der Waals surface area contributed by atoms with Crippen molar-refractivity contribution < 1.29 is 32.3 Å². The fourth-order valence-corrected chi connectivity index (χ4v) is 2.14. The fourth-order valence-electron chi connectivity index (χ4n) is 2.14. The molecule has 28 heavy (non-hydrogen) atoms. The predicted molar refractivity (Wildman–Crippen MR) is 90.2 cm³/mol. The van der Waals surface area contributed by atoms with Crippen LogP contribution in [-0.2, 0) is 18.0 Å². The highest BCUT2D eigenvalue weighted by Crippen LogP contribution is 2.28. The molecule has 150 valence electrons. The van der Waals surface area contributed by atoms with E-state index in [1.807, 2.05) is 5.43 Å². The average Bonchev–Trinajstić information content (AvgIpc) is 3.02. The number of nitrogens with one attached hydrogen (secondary N) is 3. The lowest BCUT2D eigenvalue weighted by atomic mass is 10.1. The minimum absolute atomic E-state index is 0.0189. The second-order valence-electron chi connectivity index (χ2n) is 5.34. The van der Waals surface area contributed by atoms with Gasteiger partial charge in [0.1, 0.15) is 5.69 Å². The summed E-state index contributed by atoms with van der Waals surface area (Å²) >= 11 is 0. The van der Waals surface area contributed by atoms with Crippen molar-refractivity contribution in [2.24, 2.45) is 7.05 Å². The Balaban J connectivity index is 2.17. The largest absolute Gasteiger partial charge is 0.449 e. The number of ether oxygens (including phenoxy) is 1. The third-order valence-electron chi connectivity index (χ3n) is 3.38. The lowest BCUT2D eigenvalue weighted by Gasteiger charge is -2.12. The summed E-state index contributed by atoms with van der Waals surface area (Å²) in [6.45, 7) is 1.67. The zero-order valence-corrected chi connectivity index (χ0v) is 14.8. The number of aryl methyl sites for hydroxylation is 1. The van der Waals surface area contributed by atoms with Gasteiger partial charge in [-0.05, 0) is 19.1 Å². The van der Waals surface area contributed by atoms with Crippen LogP contribution in [0.1, 0.15) is 33.5 Å².